The zero-order valence-electron chi connectivity index (χ0n) is 12.5. The van der Waals surface area contributed by atoms with Crippen LogP contribution in [0.15, 0.2) is 24.3 Å². The number of benzene rings is 1. The van der Waals surface area contributed by atoms with E-state index >= 15 is 0 Å². The smallest absolute Gasteiger partial charge is 0.253 e. The Morgan fingerprint density at radius 1 is 1.36 bits per heavy atom. The van der Waals surface area contributed by atoms with Crippen molar-refractivity contribution >= 4 is 21.7 Å². The van der Waals surface area contributed by atoms with Gasteiger partial charge in [-0.2, -0.15) is 0 Å². The number of carbonyl (C=O) groups is 2. The lowest BCUT2D eigenvalue weighted by Gasteiger charge is -2.31. The molecule has 0 saturated carbocycles. The van der Waals surface area contributed by atoms with Crippen molar-refractivity contribution in [1.29, 1.82) is 0 Å². The Labute approximate surface area is 130 Å². The van der Waals surface area contributed by atoms with E-state index in [4.69, 9.17) is 5.73 Å². The fourth-order valence-electron chi connectivity index (χ4n) is 2.67. The standard InChI is InChI=1S/C15H20N2O4S/c1-22(20,21)10-11-4-2-5-12(8-11)15(19)17-7-3-6-13(9-17)14(16)18/h2,4-5,8,13H,3,6-7,9-10H2,1H3,(H2,16,18). The molecule has 22 heavy (non-hydrogen) atoms. The molecule has 1 saturated heterocycles. The van der Waals surface area contributed by atoms with Crippen LogP contribution in [-0.2, 0) is 20.4 Å². The minimum absolute atomic E-state index is 0.0992. The van der Waals surface area contributed by atoms with E-state index in [1.165, 1.54) is 0 Å². The summed E-state index contributed by atoms with van der Waals surface area (Å²) in [6.45, 7) is 0.906. The Hall–Kier alpha value is -1.89. The quantitative estimate of drug-likeness (QED) is 0.875. The molecule has 120 valence electrons. The molecule has 2 N–H and O–H groups in total. The van der Waals surface area contributed by atoms with Gasteiger partial charge in [0.05, 0.1) is 11.7 Å². The molecule has 1 atom stereocenters. The Morgan fingerprint density at radius 3 is 2.73 bits per heavy atom. The maximum Gasteiger partial charge on any atom is 0.253 e. The van der Waals surface area contributed by atoms with Gasteiger partial charge in [-0.3, -0.25) is 9.59 Å². The molecule has 0 aromatic heterocycles. The number of amides is 2. The van der Waals surface area contributed by atoms with Crippen LogP contribution in [0.4, 0.5) is 0 Å². The summed E-state index contributed by atoms with van der Waals surface area (Å²) in [4.78, 5) is 25.4. The first kappa shape index (κ1) is 16.5. The summed E-state index contributed by atoms with van der Waals surface area (Å²) < 4.78 is 22.7. The third kappa shape index (κ3) is 4.30. The lowest BCUT2D eigenvalue weighted by molar-refractivity contribution is -0.123. The topological polar surface area (TPSA) is 97.5 Å². The molecule has 7 heteroatoms. The molecule has 1 aliphatic heterocycles. The molecule has 6 nitrogen and oxygen atoms in total. The summed E-state index contributed by atoms with van der Waals surface area (Å²) >= 11 is 0. The molecule has 0 spiro atoms. The lowest BCUT2D eigenvalue weighted by Crippen LogP contribution is -2.44. The van der Waals surface area contributed by atoms with Gasteiger partial charge < -0.3 is 10.6 Å². The van der Waals surface area contributed by atoms with E-state index in [1.807, 2.05) is 0 Å². The maximum absolute atomic E-state index is 12.5. The first-order chi connectivity index (χ1) is 10.3. The maximum atomic E-state index is 12.5. The highest BCUT2D eigenvalue weighted by Crippen LogP contribution is 2.19. The van der Waals surface area contributed by atoms with Crippen LogP contribution in [0.3, 0.4) is 0 Å². The lowest BCUT2D eigenvalue weighted by atomic mass is 9.97. The SMILES string of the molecule is CS(=O)(=O)Cc1cccc(C(=O)N2CCCC(C(N)=O)C2)c1. The van der Waals surface area contributed by atoms with Gasteiger partial charge in [-0.25, -0.2) is 8.42 Å². The summed E-state index contributed by atoms with van der Waals surface area (Å²) in [5.74, 6) is -0.987. The molecule has 1 aromatic carbocycles. The van der Waals surface area contributed by atoms with Crippen LogP contribution in [0.1, 0.15) is 28.8 Å². The average molecular weight is 324 g/mol. The Morgan fingerprint density at radius 2 is 2.09 bits per heavy atom. The number of hydrogen-bond donors (Lipinski definition) is 1. The fourth-order valence-corrected chi connectivity index (χ4v) is 3.46. The molecular weight excluding hydrogens is 304 g/mol. The van der Waals surface area contributed by atoms with Crippen molar-refractivity contribution in [2.75, 3.05) is 19.3 Å². The second-order valence-corrected chi connectivity index (χ2v) is 7.90. The van der Waals surface area contributed by atoms with Gasteiger partial charge in [0.1, 0.15) is 0 Å². The van der Waals surface area contributed by atoms with Crippen molar-refractivity contribution in [2.45, 2.75) is 18.6 Å². The van der Waals surface area contributed by atoms with Gasteiger partial charge in [0, 0.05) is 24.9 Å². The number of piperidine rings is 1. The van der Waals surface area contributed by atoms with Crippen LogP contribution < -0.4 is 5.73 Å². The van der Waals surface area contributed by atoms with Crippen LogP contribution in [0.2, 0.25) is 0 Å². The van der Waals surface area contributed by atoms with Crippen molar-refractivity contribution < 1.29 is 18.0 Å². The highest BCUT2D eigenvalue weighted by atomic mass is 32.2. The molecular formula is C15H20N2O4S. The second-order valence-electron chi connectivity index (χ2n) is 5.76. The van der Waals surface area contributed by atoms with Crippen molar-refractivity contribution in [1.82, 2.24) is 4.90 Å². The Balaban J connectivity index is 2.15. The van der Waals surface area contributed by atoms with Gasteiger partial charge in [-0.1, -0.05) is 12.1 Å². The highest BCUT2D eigenvalue weighted by molar-refractivity contribution is 7.89. The largest absolute Gasteiger partial charge is 0.369 e. The van der Waals surface area contributed by atoms with Crippen molar-refractivity contribution in [2.24, 2.45) is 11.7 Å². The number of nitrogens with two attached hydrogens (primary N) is 1. The normalized spacial score (nSPS) is 19.0. The number of carbonyl (C=O) groups excluding carboxylic acids is 2. The van der Waals surface area contributed by atoms with Crippen molar-refractivity contribution in [3.8, 4) is 0 Å². The van der Waals surface area contributed by atoms with E-state index in [0.29, 0.717) is 30.6 Å². The Bertz CT molecular complexity index is 685. The van der Waals surface area contributed by atoms with E-state index in [2.05, 4.69) is 0 Å². The van der Waals surface area contributed by atoms with E-state index in [-0.39, 0.29) is 23.5 Å². The molecule has 2 amide bonds. The van der Waals surface area contributed by atoms with Crippen LogP contribution in [0, 0.1) is 5.92 Å². The molecule has 1 aliphatic rings. The molecule has 0 aliphatic carbocycles. The van der Waals surface area contributed by atoms with Crippen LogP contribution in [-0.4, -0.2) is 44.5 Å². The fraction of sp³-hybridized carbons (Fsp3) is 0.467. The van der Waals surface area contributed by atoms with Gasteiger partial charge in [-0.05, 0) is 30.5 Å². The summed E-state index contributed by atoms with van der Waals surface area (Å²) in [7, 11) is -3.15. The van der Waals surface area contributed by atoms with Gasteiger partial charge >= 0.3 is 0 Å². The van der Waals surface area contributed by atoms with Crippen LogP contribution in [0.5, 0.6) is 0 Å². The Kier molecular flexibility index (Phi) is 4.85. The van der Waals surface area contributed by atoms with Crippen LogP contribution in [0.25, 0.3) is 0 Å². The number of rotatable bonds is 4. The minimum atomic E-state index is -3.15. The number of hydrogen-bond acceptors (Lipinski definition) is 4. The van der Waals surface area contributed by atoms with E-state index in [9.17, 15) is 18.0 Å². The van der Waals surface area contributed by atoms with Gasteiger partial charge in [0.2, 0.25) is 5.91 Å². The molecule has 0 radical (unpaired) electrons. The summed E-state index contributed by atoms with van der Waals surface area (Å²) in [5, 5.41) is 0. The molecule has 2 rings (SSSR count). The van der Waals surface area contributed by atoms with Gasteiger partial charge in [-0.15, -0.1) is 0 Å². The van der Waals surface area contributed by atoms with Crippen molar-refractivity contribution in [3.63, 3.8) is 0 Å². The third-order valence-corrected chi connectivity index (χ3v) is 4.57. The van der Waals surface area contributed by atoms with E-state index < -0.39 is 9.84 Å². The molecule has 1 unspecified atom stereocenters. The number of likely N-dealkylation sites (tertiary alicyclic amines) is 1. The van der Waals surface area contributed by atoms with Crippen LogP contribution >= 0.6 is 0 Å². The van der Waals surface area contributed by atoms with Gasteiger partial charge in [0.25, 0.3) is 5.91 Å². The minimum Gasteiger partial charge on any atom is -0.369 e. The predicted octanol–water partition coefficient (Wildman–Crippen LogP) is 0.569. The number of sulfone groups is 1. The zero-order chi connectivity index (χ0) is 16.3. The molecule has 1 heterocycles. The van der Waals surface area contributed by atoms with Crippen molar-refractivity contribution in [3.05, 3.63) is 35.4 Å². The highest BCUT2D eigenvalue weighted by Gasteiger charge is 2.27. The second kappa shape index (κ2) is 6.48. The first-order valence-electron chi connectivity index (χ1n) is 7.11. The zero-order valence-corrected chi connectivity index (χ0v) is 13.3. The summed E-state index contributed by atoms with van der Waals surface area (Å²) in [5.41, 5.74) is 6.33. The average Bonchev–Trinajstić information content (AvgIpc) is 2.45. The summed E-state index contributed by atoms with van der Waals surface area (Å²) in [6.07, 6.45) is 2.60. The molecule has 0 bridgehead atoms. The number of primary amides is 1. The molecule has 1 aromatic rings. The monoisotopic (exact) mass is 324 g/mol. The van der Waals surface area contributed by atoms with Gasteiger partial charge in [0.15, 0.2) is 9.84 Å². The molecule has 1 fully saturated rings. The van der Waals surface area contributed by atoms with E-state index in [0.717, 1.165) is 12.7 Å². The third-order valence-electron chi connectivity index (χ3n) is 3.71. The number of nitrogens with zero attached hydrogens (tertiary/aromatic N) is 1. The predicted molar refractivity (Wildman–Crippen MR) is 82.8 cm³/mol. The summed E-state index contributed by atoms with van der Waals surface area (Å²) in [6, 6.07) is 6.60. The first-order valence-corrected chi connectivity index (χ1v) is 9.17. The van der Waals surface area contributed by atoms with E-state index in [1.54, 1.807) is 29.2 Å².